The van der Waals surface area contributed by atoms with Crippen LogP contribution in [0.25, 0.3) is 12.2 Å². The molecule has 2 N–H and O–H groups in total. The van der Waals surface area contributed by atoms with Gasteiger partial charge in [-0.2, -0.15) is 0 Å². The van der Waals surface area contributed by atoms with Crippen LogP contribution in [0.1, 0.15) is 28.7 Å². The first-order chi connectivity index (χ1) is 9.31. The second-order valence-electron chi connectivity index (χ2n) is 4.78. The minimum absolute atomic E-state index is 0.746. The average Bonchev–Trinajstić information content (AvgIpc) is 2.45. The van der Waals surface area contributed by atoms with Crippen LogP contribution in [0.5, 0.6) is 0 Å². The predicted molar refractivity (Wildman–Crippen MR) is 83.9 cm³/mol. The van der Waals surface area contributed by atoms with Gasteiger partial charge in [-0.15, -0.1) is 0 Å². The second-order valence-corrected chi connectivity index (χ2v) is 4.78. The van der Waals surface area contributed by atoms with Gasteiger partial charge in [0.05, 0.1) is 0 Å². The van der Waals surface area contributed by atoms with E-state index >= 15 is 0 Å². The van der Waals surface area contributed by atoms with Gasteiger partial charge in [0.15, 0.2) is 0 Å². The number of aryl methyl sites for hydroxylation is 2. The van der Waals surface area contributed by atoms with Crippen molar-refractivity contribution in [3.8, 4) is 0 Å². The first-order valence-corrected chi connectivity index (χ1v) is 6.83. The standard InChI is InChI=1S/C18H21N/c1-15-7-2-3-8-16(15)12-13-18-10-5-4-9-17(18)11-6-14-19/h2-5,7-10,12-13H,6,11,14,19H2,1H3/b13-12-. The summed E-state index contributed by atoms with van der Waals surface area (Å²) in [5.74, 6) is 0. The Morgan fingerprint density at radius 2 is 1.53 bits per heavy atom. The molecule has 1 heteroatoms. The molecule has 0 aromatic heterocycles. The maximum atomic E-state index is 5.59. The van der Waals surface area contributed by atoms with Gasteiger partial charge in [0.2, 0.25) is 0 Å². The molecule has 1 nitrogen and oxygen atoms in total. The van der Waals surface area contributed by atoms with Gasteiger partial charge in [-0.3, -0.25) is 0 Å². The van der Waals surface area contributed by atoms with Crippen molar-refractivity contribution in [3.63, 3.8) is 0 Å². The largest absolute Gasteiger partial charge is 0.330 e. The number of benzene rings is 2. The highest BCUT2D eigenvalue weighted by atomic mass is 14.5. The molecule has 0 aliphatic heterocycles. The summed E-state index contributed by atoms with van der Waals surface area (Å²) < 4.78 is 0. The third-order valence-electron chi connectivity index (χ3n) is 3.34. The Morgan fingerprint density at radius 3 is 2.26 bits per heavy atom. The maximum Gasteiger partial charge on any atom is -0.00741 e. The normalized spacial score (nSPS) is 11.1. The number of nitrogens with two attached hydrogens (primary N) is 1. The lowest BCUT2D eigenvalue weighted by Gasteiger charge is -2.05. The Hall–Kier alpha value is -1.86. The van der Waals surface area contributed by atoms with Gasteiger partial charge < -0.3 is 5.73 Å². The molecular weight excluding hydrogens is 230 g/mol. The highest BCUT2D eigenvalue weighted by Crippen LogP contribution is 2.16. The van der Waals surface area contributed by atoms with Crippen molar-refractivity contribution in [2.45, 2.75) is 19.8 Å². The molecule has 0 saturated heterocycles. The Balaban J connectivity index is 2.21. The summed E-state index contributed by atoms with van der Waals surface area (Å²) in [6, 6.07) is 17.0. The van der Waals surface area contributed by atoms with Gasteiger partial charge in [0.25, 0.3) is 0 Å². The summed E-state index contributed by atoms with van der Waals surface area (Å²) in [5, 5.41) is 0. The fourth-order valence-corrected chi connectivity index (χ4v) is 2.17. The SMILES string of the molecule is Cc1ccccc1/C=C\c1ccccc1CCCN. The zero-order valence-electron chi connectivity index (χ0n) is 11.5. The first kappa shape index (κ1) is 13.6. The van der Waals surface area contributed by atoms with E-state index in [1.165, 1.54) is 22.3 Å². The summed E-state index contributed by atoms with van der Waals surface area (Å²) >= 11 is 0. The summed E-state index contributed by atoms with van der Waals surface area (Å²) in [6.45, 7) is 2.88. The van der Waals surface area contributed by atoms with Crippen molar-refractivity contribution >= 4 is 12.2 Å². The van der Waals surface area contributed by atoms with Crippen molar-refractivity contribution < 1.29 is 0 Å². The van der Waals surface area contributed by atoms with E-state index in [1.54, 1.807) is 0 Å². The van der Waals surface area contributed by atoms with Crippen molar-refractivity contribution in [1.29, 1.82) is 0 Å². The van der Waals surface area contributed by atoms with Crippen LogP contribution in [0.4, 0.5) is 0 Å². The van der Waals surface area contributed by atoms with E-state index < -0.39 is 0 Å². The van der Waals surface area contributed by atoms with E-state index in [0.29, 0.717) is 0 Å². The fourth-order valence-electron chi connectivity index (χ4n) is 2.17. The Kier molecular flexibility index (Phi) is 4.93. The predicted octanol–water partition coefficient (Wildman–Crippen LogP) is 4.06. The van der Waals surface area contributed by atoms with Gasteiger partial charge in [-0.25, -0.2) is 0 Å². The van der Waals surface area contributed by atoms with E-state index in [0.717, 1.165) is 19.4 Å². The van der Waals surface area contributed by atoms with Crippen LogP contribution in [0.3, 0.4) is 0 Å². The van der Waals surface area contributed by atoms with Crippen LogP contribution in [-0.4, -0.2) is 6.54 Å². The zero-order valence-corrected chi connectivity index (χ0v) is 11.5. The summed E-state index contributed by atoms with van der Waals surface area (Å²) in [6.07, 6.45) is 6.48. The molecule has 0 saturated carbocycles. The fraction of sp³-hybridized carbons (Fsp3) is 0.222. The van der Waals surface area contributed by atoms with Gasteiger partial charge in [0, 0.05) is 0 Å². The minimum atomic E-state index is 0.746. The topological polar surface area (TPSA) is 26.0 Å². The lowest BCUT2D eigenvalue weighted by molar-refractivity contribution is 0.831. The zero-order chi connectivity index (χ0) is 13.5. The molecule has 0 aliphatic rings. The van der Waals surface area contributed by atoms with Crippen molar-refractivity contribution in [2.24, 2.45) is 5.73 Å². The van der Waals surface area contributed by atoms with Crippen molar-refractivity contribution in [3.05, 3.63) is 70.8 Å². The minimum Gasteiger partial charge on any atom is -0.330 e. The summed E-state index contributed by atoms with van der Waals surface area (Å²) in [5.41, 5.74) is 10.8. The molecule has 0 spiro atoms. The van der Waals surface area contributed by atoms with Crippen LogP contribution in [0.2, 0.25) is 0 Å². The lowest BCUT2D eigenvalue weighted by atomic mass is 10.0. The van der Waals surface area contributed by atoms with E-state index in [4.69, 9.17) is 5.73 Å². The Morgan fingerprint density at radius 1 is 0.895 bits per heavy atom. The monoisotopic (exact) mass is 251 g/mol. The molecule has 2 aromatic carbocycles. The average molecular weight is 251 g/mol. The summed E-state index contributed by atoms with van der Waals surface area (Å²) in [7, 11) is 0. The van der Waals surface area contributed by atoms with Crippen LogP contribution in [-0.2, 0) is 6.42 Å². The Labute approximate surface area is 115 Å². The summed E-state index contributed by atoms with van der Waals surface area (Å²) in [4.78, 5) is 0. The molecule has 0 heterocycles. The number of rotatable bonds is 5. The van der Waals surface area contributed by atoms with E-state index in [1.807, 2.05) is 0 Å². The molecule has 2 aromatic rings. The number of hydrogen-bond donors (Lipinski definition) is 1. The smallest absolute Gasteiger partial charge is 0.00741 e. The third kappa shape index (κ3) is 3.80. The van der Waals surface area contributed by atoms with Gasteiger partial charge in [0.1, 0.15) is 0 Å². The second kappa shape index (κ2) is 6.91. The molecule has 0 radical (unpaired) electrons. The lowest BCUT2D eigenvalue weighted by Crippen LogP contribution is -2.01. The maximum absolute atomic E-state index is 5.59. The highest BCUT2D eigenvalue weighted by Gasteiger charge is 1.98. The quantitative estimate of drug-likeness (QED) is 0.797. The van der Waals surface area contributed by atoms with Gasteiger partial charge in [-0.1, -0.05) is 60.7 Å². The molecule has 0 amide bonds. The van der Waals surface area contributed by atoms with Crippen LogP contribution in [0, 0.1) is 6.92 Å². The molecular formula is C18H21N. The van der Waals surface area contributed by atoms with Gasteiger partial charge >= 0.3 is 0 Å². The van der Waals surface area contributed by atoms with E-state index in [2.05, 4.69) is 67.6 Å². The third-order valence-corrected chi connectivity index (χ3v) is 3.34. The van der Waals surface area contributed by atoms with E-state index in [-0.39, 0.29) is 0 Å². The highest BCUT2D eigenvalue weighted by molar-refractivity contribution is 5.72. The van der Waals surface area contributed by atoms with Crippen molar-refractivity contribution in [1.82, 2.24) is 0 Å². The molecule has 0 unspecified atom stereocenters. The Bertz CT molecular complexity index is 555. The van der Waals surface area contributed by atoms with Crippen LogP contribution >= 0.6 is 0 Å². The van der Waals surface area contributed by atoms with Crippen LogP contribution < -0.4 is 5.73 Å². The van der Waals surface area contributed by atoms with Crippen molar-refractivity contribution in [2.75, 3.05) is 6.54 Å². The molecule has 2 rings (SSSR count). The molecule has 19 heavy (non-hydrogen) atoms. The molecule has 0 aliphatic carbocycles. The van der Waals surface area contributed by atoms with E-state index in [9.17, 15) is 0 Å². The molecule has 0 bridgehead atoms. The molecule has 98 valence electrons. The number of hydrogen-bond acceptors (Lipinski definition) is 1. The van der Waals surface area contributed by atoms with Gasteiger partial charge in [-0.05, 0) is 48.6 Å². The first-order valence-electron chi connectivity index (χ1n) is 6.83. The molecule has 0 atom stereocenters. The molecule has 0 fully saturated rings. The van der Waals surface area contributed by atoms with Crippen LogP contribution in [0.15, 0.2) is 48.5 Å².